The number of nitrogens with one attached hydrogen (secondary N) is 2. The Hall–Kier alpha value is -3.21. The summed E-state index contributed by atoms with van der Waals surface area (Å²) in [6.07, 6.45) is 14.1. The van der Waals surface area contributed by atoms with Crippen molar-refractivity contribution in [3.8, 4) is 5.75 Å². The maximum Gasteiger partial charge on any atom is 0.263 e. The Kier molecular flexibility index (Phi) is 8.17. The molecule has 4 N–H and O–H groups in total. The summed E-state index contributed by atoms with van der Waals surface area (Å²) in [6, 6.07) is 9.58. The minimum Gasteiger partial charge on any atom is -0.480 e. The standard InChI is InChI=1S/C30H36N6O3S/c31-24(17-36-26-14-23(40-22-4-2-1-3-5-22)16-33-25(26)11-13-29(36)38)19-6-8-20(9-7-19)32-15-21-10-12-27-30(34-21)35-28(37)18-39-27/h2,4,10-14,16,19-20,22,24,32H,1,3,5-9,15,17-18,31H2,(H,34,35,37). The Balaban J connectivity index is 1.05. The maximum atomic E-state index is 12.9. The van der Waals surface area contributed by atoms with Gasteiger partial charge in [0.15, 0.2) is 18.2 Å². The fraction of sp³-hybridized carbons (Fsp3) is 0.467. The summed E-state index contributed by atoms with van der Waals surface area (Å²) in [7, 11) is 0. The van der Waals surface area contributed by atoms with Gasteiger partial charge in [0.25, 0.3) is 11.5 Å². The summed E-state index contributed by atoms with van der Waals surface area (Å²) in [4.78, 5) is 34.8. The highest BCUT2D eigenvalue weighted by atomic mass is 32.2. The first-order valence-corrected chi connectivity index (χ1v) is 15.1. The van der Waals surface area contributed by atoms with Crippen molar-refractivity contribution in [2.75, 3.05) is 11.9 Å². The molecule has 0 bridgehead atoms. The van der Waals surface area contributed by atoms with Gasteiger partial charge < -0.3 is 25.7 Å². The van der Waals surface area contributed by atoms with Crippen LogP contribution >= 0.6 is 11.8 Å². The van der Waals surface area contributed by atoms with Crippen molar-refractivity contribution in [1.29, 1.82) is 0 Å². The third-order valence-corrected chi connectivity index (χ3v) is 9.38. The van der Waals surface area contributed by atoms with Crippen LogP contribution in [0, 0.1) is 5.92 Å². The van der Waals surface area contributed by atoms with Gasteiger partial charge in [-0.2, -0.15) is 0 Å². The van der Waals surface area contributed by atoms with Crippen molar-refractivity contribution in [2.45, 2.75) is 80.3 Å². The summed E-state index contributed by atoms with van der Waals surface area (Å²) in [5, 5.41) is 6.83. The molecule has 2 aliphatic carbocycles. The van der Waals surface area contributed by atoms with Crippen molar-refractivity contribution in [3.05, 3.63) is 64.7 Å². The van der Waals surface area contributed by atoms with Crippen LogP contribution in [0.2, 0.25) is 0 Å². The van der Waals surface area contributed by atoms with Crippen LogP contribution in [0.4, 0.5) is 5.82 Å². The number of anilines is 1. The van der Waals surface area contributed by atoms with E-state index >= 15 is 0 Å². The molecule has 4 heterocycles. The van der Waals surface area contributed by atoms with E-state index in [2.05, 4.69) is 38.8 Å². The van der Waals surface area contributed by atoms with Crippen LogP contribution in [0.25, 0.3) is 11.0 Å². The summed E-state index contributed by atoms with van der Waals surface area (Å²) in [6.45, 7) is 1.15. The molecule has 0 aromatic carbocycles. The van der Waals surface area contributed by atoms with E-state index < -0.39 is 0 Å². The van der Waals surface area contributed by atoms with Gasteiger partial charge in [-0.05, 0) is 75.1 Å². The molecule has 6 rings (SSSR count). The molecule has 2 atom stereocenters. The quantitative estimate of drug-likeness (QED) is 0.353. The van der Waals surface area contributed by atoms with Gasteiger partial charge in [-0.1, -0.05) is 12.2 Å². The van der Waals surface area contributed by atoms with Gasteiger partial charge in [0, 0.05) is 47.6 Å². The van der Waals surface area contributed by atoms with Crippen LogP contribution in [0.3, 0.4) is 0 Å². The van der Waals surface area contributed by atoms with Crippen LogP contribution < -0.4 is 26.7 Å². The van der Waals surface area contributed by atoms with Crippen LogP contribution in [-0.4, -0.2) is 44.4 Å². The minimum atomic E-state index is -0.182. The number of fused-ring (bicyclic) bond motifs is 2. The number of ether oxygens (including phenoxy) is 1. The lowest BCUT2D eigenvalue weighted by Gasteiger charge is -2.33. The maximum absolute atomic E-state index is 12.9. The van der Waals surface area contributed by atoms with Crippen molar-refractivity contribution in [2.24, 2.45) is 11.7 Å². The van der Waals surface area contributed by atoms with E-state index in [0.717, 1.165) is 53.7 Å². The van der Waals surface area contributed by atoms with Crippen molar-refractivity contribution >= 4 is 34.5 Å². The summed E-state index contributed by atoms with van der Waals surface area (Å²) >= 11 is 1.82. The van der Waals surface area contributed by atoms with Gasteiger partial charge >= 0.3 is 0 Å². The van der Waals surface area contributed by atoms with Crippen molar-refractivity contribution in [1.82, 2.24) is 19.9 Å². The molecular formula is C30H36N6O3S. The van der Waals surface area contributed by atoms with E-state index in [4.69, 9.17) is 10.5 Å². The predicted octanol–water partition coefficient (Wildman–Crippen LogP) is 4.00. The summed E-state index contributed by atoms with van der Waals surface area (Å²) in [5.74, 6) is 1.27. The first-order valence-electron chi connectivity index (χ1n) is 14.3. The third kappa shape index (κ3) is 6.24. The van der Waals surface area contributed by atoms with Crippen LogP contribution in [-0.2, 0) is 17.9 Å². The molecular weight excluding hydrogens is 524 g/mol. The van der Waals surface area contributed by atoms with Gasteiger partial charge in [-0.25, -0.2) is 4.98 Å². The number of hydrogen-bond donors (Lipinski definition) is 3. The Morgan fingerprint density at radius 3 is 2.85 bits per heavy atom. The lowest BCUT2D eigenvalue weighted by Crippen LogP contribution is -2.42. The fourth-order valence-corrected chi connectivity index (χ4v) is 7.04. The molecule has 1 amide bonds. The Morgan fingerprint density at radius 1 is 1.15 bits per heavy atom. The SMILES string of the molecule is NC(Cn1c(=O)ccc2ncc(SC3C=CCCC3)cc21)C1CCC(NCc2ccc3c(n2)NC(=O)CO3)CC1. The van der Waals surface area contributed by atoms with E-state index in [9.17, 15) is 9.59 Å². The van der Waals surface area contributed by atoms with Crippen molar-refractivity contribution in [3.63, 3.8) is 0 Å². The number of rotatable bonds is 8. The molecule has 210 valence electrons. The third-order valence-electron chi connectivity index (χ3n) is 8.19. The Morgan fingerprint density at radius 2 is 2.02 bits per heavy atom. The second-order valence-electron chi connectivity index (χ2n) is 11.0. The fourth-order valence-electron chi connectivity index (χ4n) is 5.92. The highest BCUT2D eigenvalue weighted by molar-refractivity contribution is 8.00. The molecule has 0 spiro atoms. The number of carbonyl (C=O) groups is 1. The number of hydrogen-bond acceptors (Lipinski definition) is 8. The van der Waals surface area contributed by atoms with E-state index in [1.165, 1.54) is 12.8 Å². The summed E-state index contributed by atoms with van der Waals surface area (Å²) < 4.78 is 7.22. The molecule has 2 unspecified atom stereocenters. The monoisotopic (exact) mass is 560 g/mol. The summed E-state index contributed by atoms with van der Waals surface area (Å²) in [5.41, 5.74) is 9.27. The van der Waals surface area contributed by atoms with Crippen LogP contribution in [0.15, 0.2) is 58.4 Å². The lowest BCUT2D eigenvalue weighted by atomic mass is 9.81. The molecule has 1 saturated carbocycles. The molecule has 10 heteroatoms. The highest BCUT2D eigenvalue weighted by Crippen LogP contribution is 2.32. The second kappa shape index (κ2) is 12.1. The zero-order valence-electron chi connectivity index (χ0n) is 22.6. The van der Waals surface area contributed by atoms with E-state index in [0.29, 0.717) is 41.9 Å². The first kappa shape index (κ1) is 27.0. The number of carbonyl (C=O) groups excluding carboxylic acids is 1. The average molecular weight is 561 g/mol. The number of pyridine rings is 3. The first-order chi connectivity index (χ1) is 19.5. The zero-order valence-corrected chi connectivity index (χ0v) is 23.4. The second-order valence-corrected chi connectivity index (χ2v) is 12.3. The highest BCUT2D eigenvalue weighted by Gasteiger charge is 2.27. The number of nitrogens with two attached hydrogens (primary N) is 1. The molecule has 3 aromatic rings. The lowest BCUT2D eigenvalue weighted by molar-refractivity contribution is -0.118. The van der Waals surface area contributed by atoms with Crippen LogP contribution in [0.5, 0.6) is 5.75 Å². The molecule has 1 fully saturated rings. The van der Waals surface area contributed by atoms with Gasteiger partial charge in [0.05, 0.1) is 16.7 Å². The minimum absolute atomic E-state index is 0.0287. The number of amides is 1. The topological polar surface area (TPSA) is 124 Å². The van der Waals surface area contributed by atoms with Gasteiger partial charge in [0.1, 0.15) is 0 Å². The van der Waals surface area contributed by atoms with Gasteiger partial charge in [0.2, 0.25) is 0 Å². The number of nitrogens with zero attached hydrogens (tertiary/aromatic N) is 3. The van der Waals surface area contributed by atoms with Gasteiger partial charge in [-0.3, -0.25) is 14.6 Å². The number of thioether (sulfide) groups is 1. The van der Waals surface area contributed by atoms with Crippen LogP contribution in [0.1, 0.15) is 50.6 Å². The molecule has 0 radical (unpaired) electrons. The smallest absolute Gasteiger partial charge is 0.263 e. The molecule has 9 nitrogen and oxygen atoms in total. The number of aromatic nitrogens is 3. The largest absolute Gasteiger partial charge is 0.480 e. The zero-order chi connectivity index (χ0) is 27.5. The normalized spacial score (nSPS) is 23.3. The van der Waals surface area contributed by atoms with E-state index in [-0.39, 0.29) is 24.1 Å². The average Bonchev–Trinajstić information content (AvgIpc) is 2.98. The van der Waals surface area contributed by atoms with E-state index in [1.807, 2.05) is 40.7 Å². The Bertz CT molecular complexity index is 1470. The van der Waals surface area contributed by atoms with E-state index in [1.54, 1.807) is 6.07 Å². The number of allylic oxidation sites excluding steroid dienone is 1. The van der Waals surface area contributed by atoms with Crippen molar-refractivity contribution < 1.29 is 9.53 Å². The van der Waals surface area contributed by atoms with Gasteiger partial charge in [-0.15, -0.1) is 11.8 Å². The Labute approximate surface area is 238 Å². The molecule has 3 aliphatic rings. The molecule has 3 aromatic heterocycles. The molecule has 1 aliphatic heterocycles. The molecule has 0 saturated heterocycles. The molecule has 40 heavy (non-hydrogen) atoms. The predicted molar refractivity (Wildman–Crippen MR) is 158 cm³/mol.